The highest BCUT2D eigenvalue weighted by Crippen LogP contribution is 2.04. The van der Waals surface area contributed by atoms with Gasteiger partial charge in [-0.3, -0.25) is 9.59 Å². The van der Waals surface area contributed by atoms with Crippen LogP contribution in [0.15, 0.2) is 121 Å². The summed E-state index contributed by atoms with van der Waals surface area (Å²) in [6.07, 6.45) is 0. The van der Waals surface area contributed by atoms with Crippen molar-refractivity contribution in [3.63, 3.8) is 0 Å². The number of benzene rings is 4. The van der Waals surface area contributed by atoms with Gasteiger partial charge >= 0.3 is 35.8 Å². The molecular weight excluding hydrogens is 660 g/mol. The highest BCUT2D eigenvalue weighted by atomic mass is 16.6. The lowest BCUT2D eigenvalue weighted by Crippen LogP contribution is -2.14. The molecular formula is C39H42O12. The summed E-state index contributed by atoms with van der Waals surface area (Å²) < 4.78 is 28.9. The van der Waals surface area contributed by atoms with Crippen molar-refractivity contribution in [1.82, 2.24) is 0 Å². The molecule has 4 aromatic rings. The molecule has 12 nitrogen and oxygen atoms in total. The van der Waals surface area contributed by atoms with E-state index in [4.69, 9.17) is 18.9 Å². The summed E-state index contributed by atoms with van der Waals surface area (Å²) in [6, 6.07) is 34.6. The third-order valence-electron chi connectivity index (χ3n) is 5.83. The van der Waals surface area contributed by atoms with Gasteiger partial charge in [-0.2, -0.15) is 0 Å². The molecule has 0 spiro atoms. The lowest BCUT2D eigenvalue weighted by molar-refractivity contribution is -0.142. The van der Waals surface area contributed by atoms with Crippen LogP contribution in [0.5, 0.6) is 0 Å². The molecule has 0 heterocycles. The van der Waals surface area contributed by atoms with E-state index in [1.807, 2.05) is 24.3 Å². The minimum absolute atomic E-state index is 0. The first-order valence-corrected chi connectivity index (χ1v) is 15.3. The van der Waals surface area contributed by atoms with Crippen molar-refractivity contribution in [2.24, 2.45) is 0 Å². The van der Waals surface area contributed by atoms with Crippen molar-refractivity contribution in [3.8, 4) is 0 Å². The third-order valence-corrected chi connectivity index (χ3v) is 5.83. The zero-order valence-corrected chi connectivity index (χ0v) is 27.7. The summed E-state index contributed by atoms with van der Waals surface area (Å²) in [5.41, 5.74) is 1.92. The molecule has 0 aliphatic rings. The Morgan fingerprint density at radius 1 is 0.333 bits per heavy atom. The first-order chi connectivity index (χ1) is 24.2. The molecule has 0 saturated carbocycles. The second kappa shape index (κ2) is 25.7. The largest absolute Gasteiger partial charge is 0.462 e. The molecule has 0 fully saturated rings. The standard InChI is InChI=1S/C16H14O4.2C11H12O4.CH4/c17-15(13-7-3-1-4-8-13)19-11-12-20-16(18)14-9-5-2-6-10-14;2*1-9(12)14-7-8-15-11(13)10-5-3-2-4-6-10;/h1-10H,11-12H2;2*2-6H,7-8H2,1H3;1H4. The van der Waals surface area contributed by atoms with Gasteiger partial charge in [-0.25, -0.2) is 19.2 Å². The molecule has 0 bridgehead atoms. The number of carbonyl (C=O) groups excluding carboxylic acids is 6. The van der Waals surface area contributed by atoms with Gasteiger partial charge in [0.25, 0.3) is 0 Å². The predicted octanol–water partition coefficient (Wildman–Crippen LogP) is 6.15. The zero-order chi connectivity index (χ0) is 36.4. The Kier molecular flexibility index (Phi) is 21.5. The summed E-state index contributed by atoms with van der Waals surface area (Å²) in [4.78, 5) is 66.6. The van der Waals surface area contributed by atoms with Gasteiger partial charge in [0.05, 0.1) is 22.3 Å². The fourth-order valence-corrected chi connectivity index (χ4v) is 3.54. The van der Waals surface area contributed by atoms with Gasteiger partial charge < -0.3 is 28.4 Å². The smallest absolute Gasteiger partial charge is 0.338 e. The highest BCUT2D eigenvalue weighted by molar-refractivity contribution is 5.90. The van der Waals surface area contributed by atoms with E-state index in [2.05, 4.69) is 9.47 Å². The Morgan fingerprint density at radius 2 is 0.510 bits per heavy atom. The van der Waals surface area contributed by atoms with Crippen LogP contribution >= 0.6 is 0 Å². The molecule has 0 amide bonds. The van der Waals surface area contributed by atoms with Crippen molar-refractivity contribution in [2.45, 2.75) is 21.3 Å². The van der Waals surface area contributed by atoms with E-state index < -0.39 is 23.9 Å². The van der Waals surface area contributed by atoms with Crippen LogP contribution in [0.25, 0.3) is 0 Å². The second-order valence-electron chi connectivity index (χ2n) is 9.69. The van der Waals surface area contributed by atoms with Crippen LogP contribution in [-0.2, 0) is 38.0 Å². The molecule has 4 aromatic carbocycles. The lowest BCUT2D eigenvalue weighted by Gasteiger charge is -2.06. The predicted molar refractivity (Wildman–Crippen MR) is 187 cm³/mol. The maximum Gasteiger partial charge on any atom is 0.338 e. The first kappa shape index (κ1) is 42.7. The number of ether oxygens (including phenoxy) is 6. The quantitative estimate of drug-likeness (QED) is 0.0891. The Bertz CT molecular complexity index is 1490. The average Bonchev–Trinajstić information content (AvgIpc) is 3.15. The summed E-state index contributed by atoms with van der Waals surface area (Å²) in [5, 5.41) is 0. The molecule has 12 heteroatoms. The molecule has 4 rings (SSSR count). The maximum atomic E-state index is 11.6. The number of esters is 6. The summed E-state index contributed by atoms with van der Waals surface area (Å²) in [7, 11) is 0. The van der Waals surface area contributed by atoms with E-state index in [1.54, 1.807) is 97.1 Å². The third kappa shape index (κ3) is 19.3. The average molecular weight is 703 g/mol. The van der Waals surface area contributed by atoms with Crippen LogP contribution in [0.4, 0.5) is 0 Å². The minimum atomic E-state index is -0.429. The molecule has 0 aliphatic carbocycles. The number of rotatable bonds is 13. The minimum Gasteiger partial charge on any atom is -0.462 e. The Hall–Kier alpha value is -6.30. The monoisotopic (exact) mass is 702 g/mol. The van der Waals surface area contributed by atoms with Crippen molar-refractivity contribution < 1.29 is 57.2 Å². The van der Waals surface area contributed by atoms with Gasteiger partial charge in [0.2, 0.25) is 0 Å². The van der Waals surface area contributed by atoms with Crippen LogP contribution in [0, 0.1) is 0 Å². The van der Waals surface area contributed by atoms with Crippen molar-refractivity contribution in [3.05, 3.63) is 144 Å². The van der Waals surface area contributed by atoms with Crippen molar-refractivity contribution in [2.75, 3.05) is 39.6 Å². The Morgan fingerprint density at radius 3 is 0.686 bits per heavy atom. The zero-order valence-electron chi connectivity index (χ0n) is 27.7. The van der Waals surface area contributed by atoms with Gasteiger partial charge in [-0.05, 0) is 48.5 Å². The van der Waals surface area contributed by atoms with Crippen LogP contribution < -0.4 is 0 Å². The molecule has 0 N–H and O–H groups in total. The van der Waals surface area contributed by atoms with Crippen molar-refractivity contribution >= 4 is 35.8 Å². The topological polar surface area (TPSA) is 158 Å². The highest BCUT2D eigenvalue weighted by Gasteiger charge is 2.09. The van der Waals surface area contributed by atoms with Gasteiger partial charge in [0.15, 0.2) is 0 Å². The van der Waals surface area contributed by atoms with Crippen LogP contribution in [-0.4, -0.2) is 75.5 Å². The second-order valence-corrected chi connectivity index (χ2v) is 9.69. The molecule has 0 unspecified atom stereocenters. The fraction of sp³-hybridized carbons (Fsp3) is 0.231. The molecule has 0 radical (unpaired) electrons. The molecule has 0 aromatic heterocycles. The van der Waals surface area contributed by atoms with E-state index in [9.17, 15) is 28.8 Å². The van der Waals surface area contributed by atoms with Crippen LogP contribution in [0.1, 0.15) is 62.7 Å². The Labute approximate surface area is 297 Å². The fourth-order valence-electron chi connectivity index (χ4n) is 3.54. The van der Waals surface area contributed by atoms with Gasteiger partial charge in [-0.1, -0.05) is 80.2 Å². The number of hydrogen-bond donors (Lipinski definition) is 0. The number of hydrogen-bond acceptors (Lipinski definition) is 12. The molecule has 0 aliphatic heterocycles. The van der Waals surface area contributed by atoms with Crippen LogP contribution in [0.3, 0.4) is 0 Å². The van der Waals surface area contributed by atoms with E-state index in [0.29, 0.717) is 22.3 Å². The summed E-state index contributed by atoms with van der Waals surface area (Å²) >= 11 is 0. The lowest BCUT2D eigenvalue weighted by atomic mass is 10.2. The summed E-state index contributed by atoms with van der Waals surface area (Å²) in [5.74, 6) is -2.45. The maximum absolute atomic E-state index is 11.6. The number of carbonyl (C=O) groups is 6. The van der Waals surface area contributed by atoms with E-state index >= 15 is 0 Å². The molecule has 270 valence electrons. The van der Waals surface area contributed by atoms with E-state index in [1.165, 1.54) is 13.8 Å². The van der Waals surface area contributed by atoms with Gasteiger partial charge in [-0.15, -0.1) is 0 Å². The first-order valence-electron chi connectivity index (χ1n) is 15.3. The van der Waals surface area contributed by atoms with Gasteiger partial charge in [0.1, 0.15) is 39.6 Å². The molecule has 0 saturated heterocycles. The Balaban J connectivity index is 0.000000385. The summed E-state index contributed by atoms with van der Waals surface area (Å²) in [6.45, 7) is 3.01. The molecule has 51 heavy (non-hydrogen) atoms. The normalized spacial score (nSPS) is 9.37. The van der Waals surface area contributed by atoms with Crippen LogP contribution in [0.2, 0.25) is 0 Å². The SMILES string of the molecule is C.CC(=O)OCCOC(=O)c1ccccc1.CC(=O)OCCOC(=O)c1ccccc1.O=C(OCCOC(=O)c1ccccc1)c1ccccc1. The molecule has 0 atom stereocenters. The van der Waals surface area contributed by atoms with E-state index in [-0.39, 0.29) is 59.0 Å². The van der Waals surface area contributed by atoms with E-state index in [0.717, 1.165) is 0 Å². The van der Waals surface area contributed by atoms with Crippen molar-refractivity contribution in [1.29, 1.82) is 0 Å². The van der Waals surface area contributed by atoms with Gasteiger partial charge in [0, 0.05) is 13.8 Å².